The zero-order valence-electron chi connectivity index (χ0n) is 4.66. The summed E-state index contributed by atoms with van der Waals surface area (Å²) in [4.78, 5) is 7.64. The van der Waals surface area contributed by atoms with Crippen molar-refractivity contribution in [2.45, 2.75) is 5.50 Å². The van der Waals surface area contributed by atoms with Crippen LogP contribution in [-0.2, 0) is 0 Å². The molecule has 4 heteroatoms. The Hall–Kier alpha value is -0.670. The summed E-state index contributed by atoms with van der Waals surface area (Å²) in [6, 6.07) is 0. The monoisotopic (exact) mass is 143 g/mol. The third-order valence-electron chi connectivity index (χ3n) is 0.866. The van der Waals surface area contributed by atoms with Crippen molar-refractivity contribution >= 4 is 11.6 Å². The summed E-state index contributed by atoms with van der Waals surface area (Å²) in [5, 5.41) is 0. The molecule has 1 aromatic heterocycles. The van der Waals surface area contributed by atoms with Gasteiger partial charge in [0.25, 0.3) is 0 Å². The number of hydrogen-bond acceptors (Lipinski definition) is 3. The van der Waals surface area contributed by atoms with Crippen LogP contribution in [0.3, 0.4) is 0 Å². The molecular formula is C5H6ClN3. The van der Waals surface area contributed by atoms with Gasteiger partial charge in [-0.3, -0.25) is 9.97 Å². The highest BCUT2D eigenvalue weighted by Crippen LogP contribution is 2.07. The number of nitrogens with two attached hydrogens (primary N) is 1. The van der Waals surface area contributed by atoms with E-state index in [0.29, 0.717) is 5.69 Å². The van der Waals surface area contributed by atoms with Crippen molar-refractivity contribution in [1.82, 2.24) is 9.97 Å². The minimum absolute atomic E-state index is 0.543. The molecule has 1 aromatic rings. The van der Waals surface area contributed by atoms with Gasteiger partial charge in [0.1, 0.15) is 5.50 Å². The Bertz CT molecular complexity index is 175. The van der Waals surface area contributed by atoms with Gasteiger partial charge in [-0.05, 0) is 0 Å². The Morgan fingerprint density at radius 2 is 2.33 bits per heavy atom. The topological polar surface area (TPSA) is 51.8 Å². The van der Waals surface area contributed by atoms with Gasteiger partial charge in [0, 0.05) is 12.4 Å². The van der Waals surface area contributed by atoms with E-state index in [1.54, 1.807) is 12.4 Å². The Morgan fingerprint density at radius 3 is 2.67 bits per heavy atom. The van der Waals surface area contributed by atoms with Crippen molar-refractivity contribution in [2.24, 2.45) is 5.73 Å². The fourth-order valence-electron chi connectivity index (χ4n) is 0.453. The summed E-state index contributed by atoms with van der Waals surface area (Å²) < 4.78 is 0. The highest BCUT2D eigenvalue weighted by atomic mass is 35.5. The second-order valence-corrected chi connectivity index (χ2v) is 2.00. The molecule has 0 fully saturated rings. The minimum Gasteiger partial charge on any atom is -0.310 e. The van der Waals surface area contributed by atoms with Crippen molar-refractivity contribution in [1.29, 1.82) is 0 Å². The molecule has 1 unspecified atom stereocenters. The van der Waals surface area contributed by atoms with Crippen LogP contribution in [0.25, 0.3) is 0 Å². The van der Waals surface area contributed by atoms with Crippen LogP contribution in [-0.4, -0.2) is 9.97 Å². The van der Waals surface area contributed by atoms with Crippen LogP contribution in [0.15, 0.2) is 18.6 Å². The molecule has 0 aliphatic carbocycles. The Labute approximate surface area is 57.9 Å². The molecule has 0 saturated carbocycles. The van der Waals surface area contributed by atoms with Crippen LogP contribution >= 0.6 is 11.6 Å². The van der Waals surface area contributed by atoms with E-state index in [1.807, 2.05) is 0 Å². The average Bonchev–Trinajstić information content (AvgIpc) is 1.90. The SMILES string of the molecule is NC(Cl)c1cnccn1. The average molecular weight is 144 g/mol. The first-order chi connectivity index (χ1) is 4.30. The lowest BCUT2D eigenvalue weighted by Gasteiger charge is -1.97. The third kappa shape index (κ3) is 1.62. The van der Waals surface area contributed by atoms with Crippen LogP contribution in [0.1, 0.15) is 11.2 Å². The molecule has 1 heterocycles. The van der Waals surface area contributed by atoms with E-state index in [-0.39, 0.29) is 0 Å². The van der Waals surface area contributed by atoms with Crippen molar-refractivity contribution in [3.63, 3.8) is 0 Å². The number of hydrogen-bond donors (Lipinski definition) is 1. The molecule has 2 N–H and O–H groups in total. The van der Waals surface area contributed by atoms with E-state index in [9.17, 15) is 0 Å². The lowest BCUT2D eigenvalue weighted by molar-refractivity contribution is 0.928. The van der Waals surface area contributed by atoms with E-state index in [0.717, 1.165) is 0 Å². The number of halogens is 1. The summed E-state index contributed by atoms with van der Waals surface area (Å²) in [6.45, 7) is 0. The molecular weight excluding hydrogens is 138 g/mol. The van der Waals surface area contributed by atoms with Crippen LogP contribution < -0.4 is 5.73 Å². The zero-order chi connectivity index (χ0) is 6.69. The third-order valence-corrected chi connectivity index (χ3v) is 1.09. The van der Waals surface area contributed by atoms with Crippen molar-refractivity contribution < 1.29 is 0 Å². The molecule has 0 saturated heterocycles. The van der Waals surface area contributed by atoms with Crippen molar-refractivity contribution in [3.8, 4) is 0 Å². The van der Waals surface area contributed by atoms with E-state index < -0.39 is 5.50 Å². The molecule has 0 aliphatic rings. The van der Waals surface area contributed by atoms with Crippen molar-refractivity contribution in [3.05, 3.63) is 24.3 Å². The predicted molar refractivity (Wildman–Crippen MR) is 34.8 cm³/mol. The summed E-state index contributed by atoms with van der Waals surface area (Å²) in [5.74, 6) is 0. The van der Waals surface area contributed by atoms with Gasteiger partial charge in [-0.15, -0.1) is 0 Å². The molecule has 0 radical (unpaired) electrons. The number of rotatable bonds is 1. The minimum atomic E-state index is -0.543. The van der Waals surface area contributed by atoms with Gasteiger partial charge in [-0.2, -0.15) is 0 Å². The summed E-state index contributed by atoms with van der Waals surface area (Å²) >= 11 is 5.48. The Morgan fingerprint density at radius 1 is 1.56 bits per heavy atom. The molecule has 1 rings (SSSR count). The normalized spacial score (nSPS) is 13.1. The lowest BCUT2D eigenvalue weighted by Crippen LogP contribution is -2.04. The van der Waals surface area contributed by atoms with Crippen LogP contribution in [0.2, 0.25) is 0 Å². The summed E-state index contributed by atoms with van der Waals surface area (Å²) in [7, 11) is 0. The molecule has 0 aromatic carbocycles. The Kier molecular flexibility index (Phi) is 1.97. The van der Waals surface area contributed by atoms with Crippen molar-refractivity contribution in [2.75, 3.05) is 0 Å². The predicted octanol–water partition coefficient (Wildman–Crippen LogP) is 0.673. The molecule has 0 aliphatic heterocycles. The number of nitrogens with zero attached hydrogens (tertiary/aromatic N) is 2. The summed E-state index contributed by atoms with van der Waals surface area (Å²) in [6.07, 6.45) is 4.66. The maximum absolute atomic E-state index is 5.48. The number of alkyl halides is 1. The zero-order valence-corrected chi connectivity index (χ0v) is 5.42. The fraction of sp³-hybridized carbons (Fsp3) is 0.200. The van der Waals surface area contributed by atoms with Gasteiger partial charge in [0.05, 0.1) is 11.9 Å². The van der Waals surface area contributed by atoms with E-state index in [2.05, 4.69) is 9.97 Å². The van der Waals surface area contributed by atoms with Crippen LogP contribution in [0.4, 0.5) is 0 Å². The molecule has 48 valence electrons. The molecule has 3 nitrogen and oxygen atoms in total. The standard InChI is InChI=1S/C5H6ClN3/c6-5(7)4-3-8-1-2-9-4/h1-3,5H,7H2. The molecule has 0 bridgehead atoms. The fourth-order valence-corrected chi connectivity index (χ4v) is 0.566. The van der Waals surface area contributed by atoms with Gasteiger partial charge in [0.2, 0.25) is 0 Å². The van der Waals surface area contributed by atoms with Gasteiger partial charge in [-0.25, -0.2) is 0 Å². The summed E-state index contributed by atoms with van der Waals surface area (Å²) in [5.41, 5.74) is 5.33. The van der Waals surface area contributed by atoms with Gasteiger partial charge in [0.15, 0.2) is 0 Å². The molecule has 1 atom stereocenters. The highest BCUT2D eigenvalue weighted by molar-refractivity contribution is 6.20. The van der Waals surface area contributed by atoms with Gasteiger partial charge < -0.3 is 5.73 Å². The number of aromatic nitrogens is 2. The van der Waals surface area contributed by atoms with Crippen LogP contribution in [0, 0.1) is 0 Å². The van der Waals surface area contributed by atoms with E-state index in [1.165, 1.54) is 6.20 Å². The first-order valence-electron chi connectivity index (χ1n) is 2.46. The molecule has 0 spiro atoms. The van der Waals surface area contributed by atoms with Crippen LogP contribution in [0.5, 0.6) is 0 Å². The van der Waals surface area contributed by atoms with E-state index >= 15 is 0 Å². The Balaban J connectivity index is 2.85. The largest absolute Gasteiger partial charge is 0.310 e. The quantitative estimate of drug-likeness (QED) is 0.465. The van der Waals surface area contributed by atoms with Gasteiger partial charge in [-0.1, -0.05) is 11.6 Å². The second-order valence-electron chi connectivity index (χ2n) is 1.53. The second kappa shape index (κ2) is 2.75. The lowest BCUT2D eigenvalue weighted by atomic mass is 10.5. The highest BCUT2D eigenvalue weighted by Gasteiger charge is 1.99. The molecule has 9 heavy (non-hydrogen) atoms. The van der Waals surface area contributed by atoms with E-state index in [4.69, 9.17) is 17.3 Å². The first-order valence-corrected chi connectivity index (χ1v) is 2.90. The first kappa shape index (κ1) is 6.45. The maximum Gasteiger partial charge on any atom is 0.124 e. The molecule has 0 amide bonds. The smallest absolute Gasteiger partial charge is 0.124 e. The van der Waals surface area contributed by atoms with Gasteiger partial charge >= 0.3 is 0 Å². The maximum atomic E-state index is 5.48.